The molecule has 0 aliphatic carbocycles. The molecule has 0 aliphatic heterocycles. The lowest BCUT2D eigenvalue weighted by Crippen LogP contribution is -2.18. The van der Waals surface area contributed by atoms with E-state index in [1.165, 1.54) is 11.6 Å². The van der Waals surface area contributed by atoms with Gasteiger partial charge in [0.2, 0.25) is 5.78 Å². The molecule has 2 rings (SSSR count). The highest BCUT2D eigenvalue weighted by Gasteiger charge is 2.23. The maximum Gasteiger partial charge on any atom is 0.343 e. The third-order valence-electron chi connectivity index (χ3n) is 3.72. The summed E-state index contributed by atoms with van der Waals surface area (Å²) in [5.41, 5.74) is 6.28. The summed E-state index contributed by atoms with van der Waals surface area (Å²) >= 11 is 18.3. The number of benzene rings is 1. The van der Waals surface area contributed by atoms with Crippen LogP contribution in [0, 0.1) is 18.3 Å². The molecular weight excluding hydrogens is 427 g/mol. The Kier molecular flexibility index (Phi) is 7.08. The van der Waals surface area contributed by atoms with Crippen molar-refractivity contribution in [1.82, 2.24) is 9.78 Å². The number of nitrogens with two attached hydrogens (primary N) is 1. The summed E-state index contributed by atoms with van der Waals surface area (Å²) in [6.07, 6.45) is 0. The summed E-state index contributed by atoms with van der Waals surface area (Å²) < 4.78 is 6.36. The fourth-order valence-electron chi connectivity index (χ4n) is 2.35. The van der Waals surface area contributed by atoms with E-state index in [0.29, 0.717) is 21.3 Å². The minimum absolute atomic E-state index is 0.0199. The van der Waals surface area contributed by atoms with E-state index in [-0.39, 0.29) is 28.5 Å². The zero-order valence-corrected chi connectivity index (χ0v) is 17.2. The number of ketones is 1. The van der Waals surface area contributed by atoms with Gasteiger partial charge in [0, 0.05) is 15.7 Å². The van der Waals surface area contributed by atoms with Gasteiger partial charge in [-0.1, -0.05) is 40.9 Å². The first-order valence-corrected chi connectivity index (χ1v) is 9.02. The van der Waals surface area contributed by atoms with Crippen molar-refractivity contribution in [3.05, 3.63) is 61.5 Å². The molecule has 0 spiro atoms. The lowest BCUT2D eigenvalue weighted by molar-refractivity contribution is -0.118. The summed E-state index contributed by atoms with van der Waals surface area (Å²) in [6.45, 7) is 2.55. The summed E-state index contributed by atoms with van der Waals surface area (Å²) in [4.78, 5) is 24.3. The minimum atomic E-state index is -0.837. The second-order valence-electron chi connectivity index (χ2n) is 5.81. The molecule has 10 heteroatoms. The van der Waals surface area contributed by atoms with Crippen LogP contribution in [0.1, 0.15) is 28.5 Å². The number of carbonyl (C=O) groups excluding carboxylic acids is 2. The van der Waals surface area contributed by atoms with Gasteiger partial charge in [-0.3, -0.25) is 4.79 Å². The quantitative estimate of drug-likeness (QED) is 0.416. The van der Waals surface area contributed by atoms with Crippen LogP contribution in [0.2, 0.25) is 15.2 Å². The van der Waals surface area contributed by atoms with Crippen LogP contribution in [0.25, 0.3) is 0 Å². The summed E-state index contributed by atoms with van der Waals surface area (Å²) in [5, 5.41) is 14.1. The van der Waals surface area contributed by atoms with E-state index in [1.807, 2.05) is 0 Å². The number of hydrogen-bond acceptors (Lipinski definition) is 6. The van der Waals surface area contributed by atoms with Crippen LogP contribution in [0.15, 0.2) is 29.5 Å². The lowest BCUT2D eigenvalue weighted by Gasteiger charge is -2.07. The van der Waals surface area contributed by atoms with Crippen LogP contribution < -0.4 is 5.73 Å². The van der Waals surface area contributed by atoms with Gasteiger partial charge < -0.3 is 10.5 Å². The number of hydrogen-bond donors (Lipinski definition) is 1. The molecule has 146 valence electrons. The molecule has 0 unspecified atom stereocenters. The lowest BCUT2D eigenvalue weighted by atomic mass is 10.1. The zero-order chi connectivity index (χ0) is 21.0. The van der Waals surface area contributed by atoms with Crippen molar-refractivity contribution in [3.63, 3.8) is 0 Å². The Balaban J connectivity index is 2.19. The van der Waals surface area contributed by atoms with E-state index in [0.717, 1.165) is 0 Å². The second kappa shape index (κ2) is 9.11. The summed E-state index contributed by atoms with van der Waals surface area (Å²) in [5.74, 6) is -1.54. The molecule has 0 fully saturated rings. The maximum absolute atomic E-state index is 12.4. The summed E-state index contributed by atoms with van der Waals surface area (Å²) in [6, 6.07) is 6.66. The Labute approximate surface area is 176 Å². The SMILES string of the molecule is CC(N)=C(C#N)C(=O)COC(=O)c1c(C)nn(Cc2ccc(Cl)cc2Cl)c1Cl. The number of Topliss-reactive ketones (excluding diaryl/α,β-unsaturated/α-hetero) is 1. The van der Waals surface area contributed by atoms with Gasteiger partial charge >= 0.3 is 5.97 Å². The number of carbonyl (C=O) groups is 2. The Morgan fingerprint density at radius 3 is 2.57 bits per heavy atom. The Morgan fingerprint density at radius 2 is 2.00 bits per heavy atom. The molecule has 0 atom stereocenters. The molecule has 0 aliphatic rings. The van der Waals surface area contributed by atoms with Gasteiger partial charge in [-0.05, 0) is 31.5 Å². The van der Waals surface area contributed by atoms with Crippen molar-refractivity contribution in [2.75, 3.05) is 6.61 Å². The van der Waals surface area contributed by atoms with Crippen molar-refractivity contribution in [2.45, 2.75) is 20.4 Å². The first-order valence-electron chi connectivity index (χ1n) is 7.89. The van der Waals surface area contributed by atoms with E-state index in [4.69, 9.17) is 50.5 Å². The topological polar surface area (TPSA) is 111 Å². The van der Waals surface area contributed by atoms with Crippen molar-refractivity contribution in [1.29, 1.82) is 5.26 Å². The number of rotatable bonds is 6. The molecule has 0 saturated heterocycles. The van der Waals surface area contributed by atoms with E-state index in [9.17, 15) is 9.59 Å². The van der Waals surface area contributed by atoms with Crippen LogP contribution in [-0.4, -0.2) is 28.1 Å². The van der Waals surface area contributed by atoms with Crippen molar-refractivity contribution < 1.29 is 14.3 Å². The monoisotopic (exact) mass is 440 g/mol. The Bertz CT molecular complexity index is 1020. The number of aromatic nitrogens is 2. The fraction of sp³-hybridized carbons (Fsp3) is 0.222. The predicted molar refractivity (Wildman–Crippen MR) is 105 cm³/mol. The average molecular weight is 442 g/mol. The van der Waals surface area contributed by atoms with Gasteiger partial charge in [0.25, 0.3) is 0 Å². The third kappa shape index (κ3) is 4.84. The normalized spacial score (nSPS) is 11.6. The van der Waals surface area contributed by atoms with Gasteiger partial charge in [0.05, 0.1) is 12.2 Å². The smallest absolute Gasteiger partial charge is 0.343 e. The van der Waals surface area contributed by atoms with Crippen molar-refractivity contribution in [3.8, 4) is 6.07 Å². The molecule has 0 bridgehead atoms. The highest BCUT2D eigenvalue weighted by molar-refractivity contribution is 6.35. The highest BCUT2D eigenvalue weighted by atomic mass is 35.5. The number of nitrogens with zero attached hydrogens (tertiary/aromatic N) is 3. The van der Waals surface area contributed by atoms with Crippen molar-refractivity contribution in [2.24, 2.45) is 5.73 Å². The molecule has 0 amide bonds. The van der Waals surface area contributed by atoms with Gasteiger partial charge in [-0.15, -0.1) is 0 Å². The van der Waals surface area contributed by atoms with Crippen LogP contribution in [-0.2, 0) is 16.1 Å². The molecule has 7 nitrogen and oxygen atoms in total. The third-order valence-corrected chi connectivity index (χ3v) is 4.70. The van der Waals surface area contributed by atoms with E-state index in [2.05, 4.69) is 5.10 Å². The largest absolute Gasteiger partial charge is 0.454 e. The molecule has 1 heterocycles. The fourth-order valence-corrected chi connectivity index (χ4v) is 3.13. The van der Waals surface area contributed by atoms with Gasteiger partial charge in [-0.2, -0.15) is 10.4 Å². The van der Waals surface area contributed by atoms with Crippen LogP contribution in [0.3, 0.4) is 0 Å². The Hall–Kier alpha value is -2.53. The first-order chi connectivity index (χ1) is 13.1. The molecule has 0 saturated carbocycles. The number of nitriles is 1. The average Bonchev–Trinajstić information content (AvgIpc) is 2.89. The van der Waals surface area contributed by atoms with E-state index < -0.39 is 18.4 Å². The highest BCUT2D eigenvalue weighted by Crippen LogP contribution is 2.26. The molecule has 2 aromatic rings. The maximum atomic E-state index is 12.4. The van der Waals surface area contributed by atoms with Gasteiger partial charge in [0.15, 0.2) is 6.61 Å². The molecule has 28 heavy (non-hydrogen) atoms. The standard InChI is InChI=1S/C18H15Cl3N4O3/c1-9(23)13(6-22)15(26)8-28-18(27)16-10(2)24-25(17(16)21)7-11-3-4-12(19)5-14(11)20/h3-5H,7-8,23H2,1-2H3. The molecule has 1 aromatic carbocycles. The number of halogens is 3. The van der Waals surface area contributed by atoms with Gasteiger partial charge in [-0.25, -0.2) is 9.48 Å². The molecule has 1 aromatic heterocycles. The van der Waals surface area contributed by atoms with E-state index >= 15 is 0 Å². The molecular formula is C18H15Cl3N4O3. The van der Waals surface area contributed by atoms with Crippen LogP contribution in [0.4, 0.5) is 0 Å². The van der Waals surface area contributed by atoms with E-state index in [1.54, 1.807) is 31.2 Å². The molecule has 2 N–H and O–H groups in total. The zero-order valence-electron chi connectivity index (χ0n) is 14.9. The minimum Gasteiger partial charge on any atom is -0.454 e. The number of aryl methyl sites for hydroxylation is 1. The number of allylic oxidation sites excluding steroid dienone is 1. The number of ether oxygens (including phenoxy) is 1. The van der Waals surface area contributed by atoms with Crippen LogP contribution >= 0.6 is 34.8 Å². The van der Waals surface area contributed by atoms with Gasteiger partial charge in [0.1, 0.15) is 22.4 Å². The number of esters is 1. The molecule has 0 radical (unpaired) electrons. The summed E-state index contributed by atoms with van der Waals surface area (Å²) in [7, 11) is 0. The Morgan fingerprint density at radius 1 is 1.32 bits per heavy atom. The van der Waals surface area contributed by atoms with Crippen LogP contribution in [0.5, 0.6) is 0 Å². The second-order valence-corrected chi connectivity index (χ2v) is 7.02. The van der Waals surface area contributed by atoms with Crippen molar-refractivity contribution >= 4 is 46.6 Å². The predicted octanol–water partition coefficient (Wildman–Crippen LogP) is 3.68. The first kappa shape index (κ1) is 21.8.